The molecule has 0 saturated heterocycles. The number of benzene rings is 2. The van der Waals surface area contributed by atoms with Gasteiger partial charge in [-0.05, 0) is 64.8 Å². The molecule has 0 aromatic heterocycles. The second kappa shape index (κ2) is 9.54. The first-order chi connectivity index (χ1) is 12.7. The minimum Gasteiger partial charge on any atom is -0.348 e. The molecular weight excluding hydrogens is 475 g/mol. The second-order valence-electron chi connectivity index (χ2n) is 6.91. The summed E-state index contributed by atoms with van der Waals surface area (Å²) in [6.45, 7) is 3.94. The van der Waals surface area contributed by atoms with Crippen LogP contribution in [0.3, 0.4) is 0 Å². The van der Waals surface area contributed by atoms with Crippen molar-refractivity contribution in [1.82, 2.24) is 5.32 Å². The van der Waals surface area contributed by atoms with Crippen molar-refractivity contribution >= 4 is 44.2 Å². The number of carbonyl (C=O) groups excluding carboxylic acids is 1. The highest BCUT2D eigenvalue weighted by Crippen LogP contribution is 2.22. The van der Waals surface area contributed by atoms with Crippen molar-refractivity contribution in [3.63, 3.8) is 0 Å². The van der Waals surface area contributed by atoms with Crippen LogP contribution < -0.4 is 9.62 Å². The average molecular weight is 500 g/mol. The molecule has 0 radical (unpaired) electrons. The van der Waals surface area contributed by atoms with Crippen LogP contribution in [0.4, 0.5) is 5.69 Å². The lowest BCUT2D eigenvalue weighted by molar-refractivity contribution is -0.120. The topological polar surface area (TPSA) is 66.5 Å². The van der Waals surface area contributed by atoms with Crippen LogP contribution in [-0.2, 0) is 14.8 Å². The number of nitrogens with one attached hydrogen (secondary N) is 1. The minimum atomic E-state index is -3.58. The standard InChI is InChI=1S/C20H25IN2O3S/c1-15(2)13-19(16-7-5-4-6-8-16)22-20(24)14-23(27(3,25)26)18-11-9-17(21)10-12-18/h4-12,15,19H,13-14H2,1-3H3,(H,22,24). The summed E-state index contributed by atoms with van der Waals surface area (Å²) in [5, 5.41) is 3.00. The Morgan fingerprint density at radius 2 is 1.67 bits per heavy atom. The summed E-state index contributed by atoms with van der Waals surface area (Å²) in [6, 6.07) is 16.6. The summed E-state index contributed by atoms with van der Waals surface area (Å²) in [5.74, 6) is 0.0613. The molecule has 0 aliphatic heterocycles. The Kier molecular flexibility index (Phi) is 7.67. The third kappa shape index (κ3) is 6.80. The lowest BCUT2D eigenvalue weighted by atomic mass is 9.97. The number of halogens is 1. The van der Waals surface area contributed by atoms with Crippen molar-refractivity contribution in [3.8, 4) is 0 Å². The lowest BCUT2D eigenvalue weighted by Gasteiger charge is -2.25. The van der Waals surface area contributed by atoms with E-state index in [9.17, 15) is 13.2 Å². The van der Waals surface area contributed by atoms with E-state index in [4.69, 9.17) is 0 Å². The quantitative estimate of drug-likeness (QED) is 0.559. The van der Waals surface area contributed by atoms with Gasteiger partial charge in [0.2, 0.25) is 15.9 Å². The highest BCUT2D eigenvalue weighted by Gasteiger charge is 2.23. The fourth-order valence-electron chi connectivity index (χ4n) is 2.81. The summed E-state index contributed by atoms with van der Waals surface area (Å²) in [6.07, 6.45) is 1.89. The highest BCUT2D eigenvalue weighted by molar-refractivity contribution is 14.1. The van der Waals surface area contributed by atoms with E-state index in [0.29, 0.717) is 11.6 Å². The third-order valence-corrected chi connectivity index (χ3v) is 5.91. The zero-order valence-electron chi connectivity index (χ0n) is 15.7. The summed E-state index contributed by atoms with van der Waals surface area (Å²) in [5.41, 5.74) is 1.49. The maximum Gasteiger partial charge on any atom is 0.241 e. The number of carbonyl (C=O) groups is 1. The highest BCUT2D eigenvalue weighted by atomic mass is 127. The Bertz CT molecular complexity index is 853. The Morgan fingerprint density at radius 3 is 2.19 bits per heavy atom. The SMILES string of the molecule is CC(C)CC(NC(=O)CN(c1ccc(I)cc1)S(C)(=O)=O)c1ccccc1. The van der Waals surface area contributed by atoms with Gasteiger partial charge in [0, 0.05) is 3.57 Å². The van der Waals surface area contributed by atoms with Gasteiger partial charge in [-0.25, -0.2) is 8.42 Å². The van der Waals surface area contributed by atoms with Gasteiger partial charge in [-0.3, -0.25) is 9.10 Å². The Morgan fingerprint density at radius 1 is 1.07 bits per heavy atom. The number of anilines is 1. The molecule has 1 amide bonds. The summed E-state index contributed by atoms with van der Waals surface area (Å²) in [7, 11) is -3.58. The van der Waals surface area contributed by atoms with Gasteiger partial charge < -0.3 is 5.32 Å². The molecule has 146 valence electrons. The van der Waals surface area contributed by atoms with Crippen molar-refractivity contribution in [2.24, 2.45) is 5.92 Å². The Balaban J connectivity index is 2.19. The maximum atomic E-state index is 12.7. The normalized spacial score (nSPS) is 12.6. The smallest absolute Gasteiger partial charge is 0.241 e. The monoisotopic (exact) mass is 500 g/mol. The molecule has 5 nitrogen and oxygen atoms in total. The van der Waals surface area contributed by atoms with Gasteiger partial charge in [0.25, 0.3) is 0 Å². The molecule has 2 aromatic rings. The van der Waals surface area contributed by atoms with Gasteiger partial charge in [0.05, 0.1) is 18.0 Å². The third-order valence-electron chi connectivity index (χ3n) is 4.05. The van der Waals surface area contributed by atoms with Gasteiger partial charge in [0.1, 0.15) is 6.54 Å². The van der Waals surface area contributed by atoms with E-state index in [-0.39, 0.29) is 18.5 Å². The van der Waals surface area contributed by atoms with Crippen LogP contribution >= 0.6 is 22.6 Å². The number of hydrogen-bond acceptors (Lipinski definition) is 3. The van der Waals surface area contributed by atoms with Crippen molar-refractivity contribution in [2.45, 2.75) is 26.3 Å². The van der Waals surface area contributed by atoms with Crippen LogP contribution in [0.15, 0.2) is 54.6 Å². The second-order valence-corrected chi connectivity index (χ2v) is 10.1. The number of nitrogens with zero attached hydrogens (tertiary/aromatic N) is 1. The van der Waals surface area contributed by atoms with Gasteiger partial charge >= 0.3 is 0 Å². The van der Waals surface area contributed by atoms with Gasteiger partial charge in [-0.2, -0.15) is 0 Å². The summed E-state index contributed by atoms with van der Waals surface area (Å²) >= 11 is 2.15. The largest absolute Gasteiger partial charge is 0.348 e. The molecule has 0 saturated carbocycles. The van der Waals surface area contributed by atoms with Crippen LogP contribution in [0.2, 0.25) is 0 Å². The van der Waals surface area contributed by atoms with Crippen LogP contribution in [0.1, 0.15) is 31.9 Å². The fourth-order valence-corrected chi connectivity index (χ4v) is 4.03. The minimum absolute atomic E-state index is 0.156. The lowest BCUT2D eigenvalue weighted by Crippen LogP contribution is -2.41. The van der Waals surface area contributed by atoms with Crippen LogP contribution in [-0.4, -0.2) is 27.1 Å². The van der Waals surface area contributed by atoms with Crippen molar-refractivity contribution in [3.05, 3.63) is 63.7 Å². The first-order valence-electron chi connectivity index (χ1n) is 8.74. The van der Waals surface area contributed by atoms with E-state index in [1.165, 1.54) is 0 Å². The molecule has 1 unspecified atom stereocenters. The van der Waals surface area contributed by atoms with E-state index in [1.54, 1.807) is 12.1 Å². The number of hydrogen-bond donors (Lipinski definition) is 1. The zero-order valence-corrected chi connectivity index (χ0v) is 18.7. The van der Waals surface area contributed by atoms with Gasteiger partial charge in [-0.1, -0.05) is 44.2 Å². The molecule has 0 aliphatic rings. The number of sulfonamides is 1. The predicted molar refractivity (Wildman–Crippen MR) is 118 cm³/mol. The van der Waals surface area contributed by atoms with E-state index < -0.39 is 10.0 Å². The number of rotatable bonds is 8. The van der Waals surface area contributed by atoms with Crippen LogP contribution in [0.5, 0.6) is 0 Å². The Labute approximate surface area is 175 Å². The zero-order chi connectivity index (χ0) is 20.0. The molecule has 2 aromatic carbocycles. The first kappa shape index (κ1) is 21.7. The molecule has 7 heteroatoms. The predicted octanol–water partition coefficient (Wildman–Crippen LogP) is 3.96. The van der Waals surface area contributed by atoms with E-state index in [2.05, 4.69) is 41.8 Å². The van der Waals surface area contributed by atoms with Crippen molar-refractivity contribution in [2.75, 3.05) is 17.1 Å². The Hall–Kier alpha value is -1.61. The molecule has 0 bridgehead atoms. The molecule has 0 aliphatic carbocycles. The molecule has 1 N–H and O–H groups in total. The molecule has 2 rings (SSSR count). The van der Waals surface area contributed by atoms with E-state index >= 15 is 0 Å². The van der Waals surface area contributed by atoms with Crippen LogP contribution in [0.25, 0.3) is 0 Å². The molecule has 0 spiro atoms. The molecular formula is C20H25IN2O3S. The maximum absolute atomic E-state index is 12.7. The van der Waals surface area contributed by atoms with Crippen molar-refractivity contribution in [1.29, 1.82) is 0 Å². The van der Waals surface area contributed by atoms with E-state index in [0.717, 1.165) is 26.1 Å². The summed E-state index contributed by atoms with van der Waals surface area (Å²) in [4.78, 5) is 12.7. The molecule has 0 fully saturated rings. The van der Waals surface area contributed by atoms with Gasteiger partial charge in [-0.15, -0.1) is 0 Å². The average Bonchev–Trinajstić information content (AvgIpc) is 2.59. The fraction of sp³-hybridized carbons (Fsp3) is 0.350. The molecule has 0 heterocycles. The molecule has 1 atom stereocenters. The summed E-state index contributed by atoms with van der Waals surface area (Å²) < 4.78 is 26.6. The van der Waals surface area contributed by atoms with E-state index in [1.807, 2.05) is 42.5 Å². The first-order valence-corrected chi connectivity index (χ1v) is 11.7. The van der Waals surface area contributed by atoms with Gasteiger partial charge in [0.15, 0.2) is 0 Å². The van der Waals surface area contributed by atoms with Crippen LogP contribution in [0, 0.1) is 9.49 Å². The number of amides is 1. The molecule has 27 heavy (non-hydrogen) atoms. The van der Waals surface area contributed by atoms with Crippen molar-refractivity contribution < 1.29 is 13.2 Å².